The molecule has 0 aliphatic heterocycles. The summed E-state index contributed by atoms with van der Waals surface area (Å²) in [6.45, 7) is 1.63. The first-order valence-corrected chi connectivity index (χ1v) is 12.3. The molecule has 1 amide bonds. The fraction of sp³-hybridized carbons (Fsp3) is 0.148. The Bertz CT molecular complexity index is 1630. The van der Waals surface area contributed by atoms with Gasteiger partial charge in [-0.05, 0) is 48.9 Å². The molecule has 0 radical (unpaired) electrons. The maximum absolute atomic E-state index is 15.0. The van der Waals surface area contributed by atoms with Crippen molar-refractivity contribution in [2.45, 2.75) is 25.6 Å². The number of benzene rings is 3. The zero-order chi connectivity index (χ0) is 28.4. The van der Waals surface area contributed by atoms with Crippen LogP contribution in [-0.2, 0) is 12.6 Å². The number of alkyl halides is 3. The number of para-hydroxylation sites is 1. The monoisotopic (exact) mass is 569 g/mol. The second kappa shape index (κ2) is 10.9. The van der Waals surface area contributed by atoms with Gasteiger partial charge in [-0.3, -0.25) is 4.79 Å². The van der Waals surface area contributed by atoms with Gasteiger partial charge < -0.3 is 5.32 Å². The van der Waals surface area contributed by atoms with E-state index in [1.165, 1.54) is 35.0 Å². The molecule has 13 heteroatoms. The number of nitrogens with zero attached hydrogens (tertiary/aromatic N) is 5. The van der Waals surface area contributed by atoms with Gasteiger partial charge in [0, 0.05) is 22.6 Å². The Hall–Kier alpha value is -4.58. The van der Waals surface area contributed by atoms with E-state index >= 15 is 4.39 Å². The summed E-state index contributed by atoms with van der Waals surface area (Å²) in [5, 5.41) is 21.7. The molecule has 2 aromatic heterocycles. The van der Waals surface area contributed by atoms with Gasteiger partial charge in [0.2, 0.25) is 0 Å². The normalized spacial score (nSPS) is 12.3. The Balaban J connectivity index is 1.60. The van der Waals surface area contributed by atoms with Gasteiger partial charge >= 0.3 is 6.18 Å². The highest BCUT2D eigenvalue weighted by atomic mass is 35.5. The largest absolute Gasteiger partial charge is 0.416 e. The van der Waals surface area contributed by atoms with E-state index in [-0.39, 0.29) is 23.6 Å². The molecule has 1 atom stereocenters. The second-order valence-electron chi connectivity index (χ2n) is 8.87. The molecule has 0 aliphatic rings. The molecule has 5 aromatic rings. The summed E-state index contributed by atoms with van der Waals surface area (Å²) in [4.78, 5) is 13.6. The van der Waals surface area contributed by atoms with Gasteiger partial charge in [-0.2, -0.15) is 23.5 Å². The minimum atomic E-state index is -4.48. The van der Waals surface area contributed by atoms with Crippen LogP contribution in [-0.4, -0.2) is 36.3 Å². The van der Waals surface area contributed by atoms with E-state index in [1.807, 2.05) is 0 Å². The minimum absolute atomic E-state index is 0.0142. The van der Waals surface area contributed by atoms with Crippen molar-refractivity contribution in [1.29, 1.82) is 0 Å². The van der Waals surface area contributed by atoms with E-state index in [0.29, 0.717) is 27.4 Å². The summed E-state index contributed by atoms with van der Waals surface area (Å²) in [7, 11) is 0. The number of halogens is 5. The maximum atomic E-state index is 15.0. The Morgan fingerprint density at radius 3 is 2.38 bits per heavy atom. The van der Waals surface area contributed by atoms with E-state index in [4.69, 9.17) is 11.6 Å². The van der Waals surface area contributed by atoms with E-state index < -0.39 is 29.5 Å². The third-order valence-corrected chi connectivity index (χ3v) is 6.46. The van der Waals surface area contributed by atoms with E-state index in [0.717, 1.165) is 12.1 Å². The zero-order valence-corrected chi connectivity index (χ0v) is 21.5. The lowest BCUT2D eigenvalue weighted by Gasteiger charge is -2.15. The van der Waals surface area contributed by atoms with Gasteiger partial charge in [0.15, 0.2) is 11.5 Å². The number of amides is 1. The minimum Gasteiger partial charge on any atom is -0.344 e. The molecule has 2 heterocycles. The van der Waals surface area contributed by atoms with Gasteiger partial charge in [-0.15, -0.1) is 10.2 Å². The number of carbonyl (C=O) groups excluding carboxylic acids is 1. The van der Waals surface area contributed by atoms with Crippen molar-refractivity contribution < 1.29 is 22.4 Å². The molecule has 0 saturated carbocycles. The molecule has 0 saturated heterocycles. The number of rotatable bonds is 7. The van der Waals surface area contributed by atoms with Gasteiger partial charge in [0.25, 0.3) is 5.91 Å². The number of aromatic amines is 1. The van der Waals surface area contributed by atoms with Crippen LogP contribution in [0.1, 0.15) is 46.0 Å². The van der Waals surface area contributed by atoms with Crippen molar-refractivity contribution in [2.75, 3.05) is 0 Å². The highest BCUT2D eigenvalue weighted by Gasteiger charge is 2.31. The summed E-state index contributed by atoms with van der Waals surface area (Å²) in [6.07, 6.45) is -4.47. The third kappa shape index (κ3) is 5.57. The molecule has 0 fully saturated rings. The summed E-state index contributed by atoms with van der Waals surface area (Å²) < 4.78 is 55.3. The van der Waals surface area contributed by atoms with Gasteiger partial charge in [-0.1, -0.05) is 53.2 Å². The van der Waals surface area contributed by atoms with Crippen molar-refractivity contribution in [2.24, 2.45) is 0 Å². The molecule has 1 unspecified atom stereocenters. The van der Waals surface area contributed by atoms with E-state index in [1.54, 1.807) is 37.3 Å². The molecule has 204 valence electrons. The first-order valence-electron chi connectivity index (χ1n) is 11.9. The lowest BCUT2D eigenvalue weighted by molar-refractivity contribution is -0.137. The fourth-order valence-electron chi connectivity index (χ4n) is 4.23. The van der Waals surface area contributed by atoms with E-state index in [9.17, 15) is 18.0 Å². The van der Waals surface area contributed by atoms with Crippen LogP contribution in [0.4, 0.5) is 17.6 Å². The van der Waals surface area contributed by atoms with Crippen LogP contribution in [0.15, 0.2) is 72.8 Å². The van der Waals surface area contributed by atoms with Crippen LogP contribution in [0.25, 0.3) is 16.9 Å². The molecule has 5 rings (SSSR count). The van der Waals surface area contributed by atoms with Crippen molar-refractivity contribution in [1.82, 2.24) is 35.7 Å². The summed E-state index contributed by atoms with van der Waals surface area (Å²) >= 11 is 6.10. The lowest BCUT2D eigenvalue weighted by Crippen LogP contribution is -2.28. The third-order valence-electron chi connectivity index (χ3n) is 6.21. The van der Waals surface area contributed by atoms with Gasteiger partial charge in [0.1, 0.15) is 11.5 Å². The van der Waals surface area contributed by atoms with Gasteiger partial charge in [0.05, 0.1) is 17.3 Å². The SMILES string of the molecule is CC(NC(=O)c1nn(-c2ccccc2F)c(-c2ccc(Cl)cc2)c1Cc1nn[nH]n1)c1ccc(C(F)(F)F)cc1. The van der Waals surface area contributed by atoms with Crippen molar-refractivity contribution in [3.05, 3.63) is 112 Å². The Morgan fingerprint density at radius 2 is 1.75 bits per heavy atom. The number of tetrazole rings is 1. The Morgan fingerprint density at radius 1 is 1.05 bits per heavy atom. The molecule has 2 N–H and O–H groups in total. The molecule has 40 heavy (non-hydrogen) atoms. The van der Waals surface area contributed by atoms with Crippen LogP contribution in [0, 0.1) is 5.82 Å². The predicted octanol–water partition coefficient (Wildman–Crippen LogP) is 5.95. The number of hydrogen-bond donors (Lipinski definition) is 2. The quantitative estimate of drug-likeness (QED) is 0.236. The average molecular weight is 570 g/mol. The topological polar surface area (TPSA) is 101 Å². The predicted molar refractivity (Wildman–Crippen MR) is 138 cm³/mol. The molecule has 8 nitrogen and oxygen atoms in total. The smallest absolute Gasteiger partial charge is 0.344 e. The first kappa shape index (κ1) is 27.0. The molecular formula is C27H20ClF4N7O. The average Bonchev–Trinajstić information content (AvgIpc) is 3.57. The maximum Gasteiger partial charge on any atom is 0.416 e. The molecule has 0 bridgehead atoms. The van der Waals surface area contributed by atoms with Gasteiger partial charge in [-0.25, -0.2) is 9.07 Å². The van der Waals surface area contributed by atoms with Crippen molar-refractivity contribution in [3.8, 4) is 16.9 Å². The van der Waals surface area contributed by atoms with Crippen molar-refractivity contribution >= 4 is 17.5 Å². The molecule has 3 aromatic carbocycles. The van der Waals surface area contributed by atoms with Crippen LogP contribution in [0.2, 0.25) is 5.02 Å². The fourth-order valence-corrected chi connectivity index (χ4v) is 4.35. The molecule has 0 spiro atoms. The van der Waals surface area contributed by atoms with Crippen LogP contribution < -0.4 is 5.32 Å². The highest BCUT2D eigenvalue weighted by molar-refractivity contribution is 6.30. The van der Waals surface area contributed by atoms with Crippen molar-refractivity contribution in [3.63, 3.8) is 0 Å². The molecule has 0 aliphatic carbocycles. The standard InChI is InChI=1S/C27H20ClF4N7O/c1-15(16-6-10-18(11-7-16)27(30,31)32)33-26(40)24-20(14-23-34-37-38-35-23)25(17-8-12-19(28)13-9-17)39(36-24)22-5-3-2-4-21(22)29/h2-13,15H,14H2,1H3,(H,33,40)(H,34,35,37,38). The number of nitrogens with one attached hydrogen (secondary N) is 2. The number of carbonyl (C=O) groups is 1. The number of H-pyrrole nitrogens is 1. The first-order chi connectivity index (χ1) is 19.1. The summed E-state index contributed by atoms with van der Waals surface area (Å²) in [5.41, 5.74) is 1.07. The van der Waals surface area contributed by atoms with Crippen LogP contribution in [0.5, 0.6) is 0 Å². The zero-order valence-electron chi connectivity index (χ0n) is 20.7. The summed E-state index contributed by atoms with van der Waals surface area (Å²) in [6, 6.07) is 16.5. The molecular weight excluding hydrogens is 550 g/mol. The van der Waals surface area contributed by atoms with E-state index in [2.05, 4.69) is 31.0 Å². The van der Waals surface area contributed by atoms with Crippen LogP contribution >= 0.6 is 11.6 Å². The summed E-state index contributed by atoms with van der Waals surface area (Å²) in [5.74, 6) is -0.944. The Labute approximate surface area is 230 Å². The Kier molecular flexibility index (Phi) is 7.35. The number of aromatic nitrogens is 6. The lowest BCUT2D eigenvalue weighted by atomic mass is 10.0. The highest BCUT2D eigenvalue weighted by Crippen LogP contribution is 2.33. The van der Waals surface area contributed by atoms with Crippen LogP contribution in [0.3, 0.4) is 0 Å². The number of hydrogen-bond acceptors (Lipinski definition) is 5. The second-order valence-corrected chi connectivity index (χ2v) is 9.30.